The van der Waals surface area contributed by atoms with Crippen molar-refractivity contribution in [2.45, 2.75) is 205 Å². The van der Waals surface area contributed by atoms with E-state index in [-0.39, 0.29) is 32.0 Å². The zero-order chi connectivity index (χ0) is 37.4. The molecule has 1 saturated heterocycles. The van der Waals surface area contributed by atoms with Gasteiger partial charge in [0, 0.05) is 12.8 Å². The lowest BCUT2D eigenvalue weighted by atomic mass is 9.99. The monoisotopic (exact) mass is 727 g/mol. The number of rotatable bonds is 33. The van der Waals surface area contributed by atoms with Gasteiger partial charge in [-0.2, -0.15) is 0 Å². The van der Waals surface area contributed by atoms with Gasteiger partial charge in [-0.25, -0.2) is 0 Å². The third-order valence-corrected chi connectivity index (χ3v) is 9.34. The SMILES string of the molecule is CCCCC/C=C/C/C=C/CCCCCCCCCC(=O)OC[C@@H](CO[C@H]1O[C@@H](CO)[C@@H](O)C(O)C1O)OC(=O)CCCCCCCCCCC. The second kappa shape index (κ2) is 32.8. The van der Waals surface area contributed by atoms with Gasteiger partial charge in [0.05, 0.1) is 13.2 Å². The summed E-state index contributed by atoms with van der Waals surface area (Å²) in [4.78, 5) is 25.1. The Kier molecular flexibility index (Phi) is 30.4. The first-order valence-electron chi connectivity index (χ1n) is 20.4. The number of unbranched alkanes of at least 4 members (excludes halogenated alkanes) is 18. The normalized spacial score (nSPS) is 21.4. The fourth-order valence-corrected chi connectivity index (χ4v) is 6.04. The molecule has 0 aromatic heterocycles. The van der Waals surface area contributed by atoms with Crippen LogP contribution in [0, 0.1) is 0 Å². The number of aliphatic hydroxyl groups is 4. The molecule has 1 heterocycles. The molecule has 10 heteroatoms. The molecular formula is C41H74O10. The van der Waals surface area contributed by atoms with Gasteiger partial charge in [-0.15, -0.1) is 0 Å². The lowest BCUT2D eigenvalue weighted by Gasteiger charge is -2.39. The molecule has 1 aliphatic heterocycles. The maximum absolute atomic E-state index is 12.6. The van der Waals surface area contributed by atoms with E-state index in [9.17, 15) is 30.0 Å². The molecule has 0 aromatic carbocycles. The Morgan fingerprint density at radius 1 is 0.608 bits per heavy atom. The summed E-state index contributed by atoms with van der Waals surface area (Å²) in [6, 6.07) is 0. The van der Waals surface area contributed by atoms with E-state index >= 15 is 0 Å². The summed E-state index contributed by atoms with van der Waals surface area (Å²) in [6.45, 7) is 3.35. The summed E-state index contributed by atoms with van der Waals surface area (Å²) in [6.07, 6.45) is 26.2. The van der Waals surface area contributed by atoms with E-state index in [1.54, 1.807) is 0 Å². The predicted molar refractivity (Wildman–Crippen MR) is 201 cm³/mol. The van der Waals surface area contributed by atoms with Gasteiger partial charge in [0.25, 0.3) is 0 Å². The molecule has 0 aliphatic carbocycles. The maximum Gasteiger partial charge on any atom is 0.306 e. The number of hydrogen-bond acceptors (Lipinski definition) is 10. The van der Waals surface area contributed by atoms with E-state index < -0.39 is 49.4 Å². The van der Waals surface area contributed by atoms with Crippen molar-refractivity contribution < 1.29 is 49.0 Å². The van der Waals surface area contributed by atoms with Crippen LogP contribution in [-0.2, 0) is 28.5 Å². The van der Waals surface area contributed by atoms with Gasteiger partial charge in [-0.05, 0) is 44.9 Å². The molecule has 51 heavy (non-hydrogen) atoms. The van der Waals surface area contributed by atoms with Gasteiger partial charge < -0.3 is 39.4 Å². The maximum atomic E-state index is 12.6. The molecule has 0 bridgehead atoms. The average Bonchev–Trinajstić information content (AvgIpc) is 3.13. The molecule has 6 atom stereocenters. The van der Waals surface area contributed by atoms with E-state index in [4.69, 9.17) is 18.9 Å². The largest absolute Gasteiger partial charge is 0.462 e. The van der Waals surface area contributed by atoms with Gasteiger partial charge in [0.1, 0.15) is 31.0 Å². The molecule has 0 radical (unpaired) electrons. The molecule has 0 amide bonds. The van der Waals surface area contributed by atoms with Gasteiger partial charge in [-0.3, -0.25) is 9.59 Å². The first-order valence-corrected chi connectivity index (χ1v) is 20.4. The van der Waals surface area contributed by atoms with Crippen molar-refractivity contribution in [1.82, 2.24) is 0 Å². The molecule has 4 N–H and O–H groups in total. The third kappa shape index (κ3) is 24.9. The molecule has 1 fully saturated rings. The van der Waals surface area contributed by atoms with E-state index in [0.717, 1.165) is 57.8 Å². The van der Waals surface area contributed by atoms with Crippen LogP contribution in [0.25, 0.3) is 0 Å². The minimum Gasteiger partial charge on any atom is -0.462 e. The molecule has 1 rings (SSSR count). The second-order valence-electron chi connectivity index (χ2n) is 14.1. The molecule has 298 valence electrons. The van der Waals surface area contributed by atoms with Crippen LogP contribution >= 0.6 is 0 Å². The number of esters is 2. The highest BCUT2D eigenvalue weighted by molar-refractivity contribution is 5.70. The lowest BCUT2D eigenvalue weighted by Crippen LogP contribution is -2.59. The van der Waals surface area contributed by atoms with Crippen molar-refractivity contribution in [3.8, 4) is 0 Å². The summed E-state index contributed by atoms with van der Waals surface area (Å²) < 4.78 is 22.0. The Hall–Kier alpha value is -1.82. The Bertz CT molecular complexity index is 892. The Morgan fingerprint density at radius 2 is 1.10 bits per heavy atom. The Balaban J connectivity index is 2.34. The number of carbonyl (C=O) groups excluding carboxylic acids is 2. The number of ether oxygens (including phenoxy) is 4. The topological polar surface area (TPSA) is 152 Å². The van der Waals surface area contributed by atoms with Crippen LogP contribution in [-0.4, -0.2) is 89.0 Å². The van der Waals surface area contributed by atoms with Crippen LogP contribution in [0.2, 0.25) is 0 Å². The predicted octanol–water partition coefficient (Wildman–Crippen LogP) is 7.77. The summed E-state index contributed by atoms with van der Waals surface area (Å²) in [5, 5.41) is 39.9. The average molecular weight is 727 g/mol. The van der Waals surface area contributed by atoms with Crippen LogP contribution < -0.4 is 0 Å². The van der Waals surface area contributed by atoms with Gasteiger partial charge in [-0.1, -0.05) is 134 Å². The summed E-state index contributed by atoms with van der Waals surface area (Å²) in [5.74, 6) is -0.817. The van der Waals surface area contributed by atoms with Crippen LogP contribution in [0.3, 0.4) is 0 Å². The highest BCUT2D eigenvalue weighted by Crippen LogP contribution is 2.22. The van der Waals surface area contributed by atoms with Gasteiger partial charge in [0.2, 0.25) is 0 Å². The number of aliphatic hydroxyl groups excluding tert-OH is 4. The standard InChI is InChI=1S/C41H74O10/c1-3-5-7-9-11-13-14-15-16-17-18-19-20-22-23-25-27-29-36(43)48-32-34(33-49-41-40(47)39(46)38(45)35(31-42)51-41)50-37(44)30-28-26-24-21-12-10-8-6-4-2/h11,13,15-16,34-35,38-42,45-47H,3-10,12,14,17-33H2,1-2H3/b13-11+,16-15+/t34-,35-,38+,39?,40?,41-/m0/s1. The Labute approximate surface area is 309 Å². The van der Waals surface area contributed by atoms with E-state index in [1.165, 1.54) is 77.0 Å². The van der Waals surface area contributed by atoms with Crippen molar-refractivity contribution in [3.63, 3.8) is 0 Å². The fourth-order valence-electron chi connectivity index (χ4n) is 6.04. The minimum absolute atomic E-state index is 0.219. The second-order valence-corrected chi connectivity index (χ2v) is 14.1. The van der Waals surface area contributed by atoms with Crippen LogP contribution in [0.5, 0.6) is 0 Å². The van der Waals surface area contributed by atoms with Crippen molar-refractivity contribution >= 4 is 11.9 Å². The first-order chi connectivity index (χ1) is 24.8. The number of carbonyl (C=O) groups is 2. The van der Waals surface area contributed by atoms with Crippen LogP contribution in [0.1, 0.15) is 168 Å². The van der Waals surface area contributed by atoms with Crippen molar-refractivity contribution in [3.05, 3.63) is 24.3 Å². The molecule has 0 aromatic rings. The molecule has 2 unspecified atom stereocenters. The lowest BCUT2D eigenvalue weighted by molar-refractivity contribution is -0.305. The zero-order valence-electron chi connectivity index (χ0n) is 32.1. The molecule has 1 aliphatic rings. The third-order valence-electron chi connectivity index (χ3n) is 9.34. The zero-order valence-corrected chi connectivity index (χ0v) is 32.1. The van der Waals surface area contributed by atoms with Gasteiger partial charge in [0.15, 0.2) is 12.4 Å². The van der Waals surface area contributed by atoms with Crippen LogP contribution in [0.4, 0.5) is 0 Å². The van der Waals surface area contributed by atoms with E-state index in [1.807, 2.05) is 0 Å². The van der Waals surface area contributed by atoms with Gasteiger partial charge >= 0.3 is 11.9 Å². The van der Waals surface area contributed by atoms with Crippen LogP contribution in [0.15, 0.2) is 24.3 Å². The van der Waals surface area contributed by atoms with E-state index in [0.29, 0.717) is 6.42 Å². The fraction of sp³-hybridized carbons (Fsp3) is 0.854. The molecule has 0 spiro atoms. The first kappa shape index (κ1) is 47.2. The van der Waals surface area contributed by atoms with E-state index in [2.05, 4.69) is 38.2 Å². The number of hydrogen-bond donors (Lipinski definition) is 4. The number of allylic oxidation sites excluding steroid dienone is 4. The summed E-state index contributed by atoms with van der Waals surface area (Å²) in [5.41, 5.74) is 0. The quantitative estimate of drug-likeness (QED) is 0.0300. The Morgan fingerprint density at radius 3 is 1.67 bits per heavy atom. The summed E-state index contributed by atoms with van der Waals surface area (Å²) in [7, 11) is 0. The summed E-state index contributed by atoms with van der Waals surface area (Å²) >= 11 is 0. The molecule has 10 nitrogen and oxygen atoms in total. The highest BCUT2D eigenvalue weighted by Gasteiger charge is 2.44. The van der Waals surface area contributed by atoms with Crippen molar-refractivity contribution in [1.29, 1.82) is 0 Å². The molecule has 0 saturated carbocycles. The van der Waals surface area contributed by atoms with Crippen molar-refractivity contribution in [2.75, 3.05) is 19.8 Å². The van der Waals surface area contributed by atoms with Crippen molar-refractivity contribution in [2.24, 2.45) is 0 Å². The minimum atomic E-state index is -1.59. The highest BCUT2D eigenvalue weighted by atomic mass is 16.7. The molecular weight excluding hydrogens is 652 g/mol. The smallest absolute Gasteiger partial charge is 0.306 e.